The van der Waals surface area contributed by atoms with Crippen molar-refractivity contribution in [2.75, 3.05) is 13.1 Å². The second-order valence-electron chi connectivity index (χ2n) is 7.10. The van der Waals surface area contributed by atoms with E-state index >= 15 is 0 Å². The summed E-state index contributed by atoms with van der Waals surface area (Å²) >= 11 is 0. The van der Waals surface area contributed by atoms with Gasteiger partial charge in [0.2, 0.25) is 0 Å². The second-order valence-corrected chi connectivity index (χ2v) is 7.10. The number of unbranched alkanes of at least 4 members (excludes halogenated alkanes) is 1. The molecule has 0 saturated carbocycles. The summed E-state index contributed by atoms with van der Waals surface area (Å²) in [5.74, 6) is 0.264. The highest BCUT2D eigenvalue weighted by Gasteiger charge is 2.19. The van der Waals surface area contributed by atoms with Gasteiger partial charge >= 0.3 is 0 Å². The maximum atomic E-state index is 10.4. The van der Waals surface area contributed by atoms with Gasteiger partial charge in [0.05, 0.1) is 0 Å². The Labute approximate surface area is 149 Å². The smallest absolute Gasteiger partial charge is 0.128 e. The van der Waals surface area contributed by atoms with Gasteiger partial charge in [-0.1, -0.05) is 61.0 Å². The van der Waals surface area contributed by atoms with Gasteiger partial charge in [-0.05, 0) is 43.0 Å². The molecule has 0 aromatic heterocycles. The SMILES string of the molecule is CC.CCCCN(CCC)Cc1cc(C(C)(C)C)cc(C=N)c1O. The van der Waals surface area contributed by atoms with Crippen molar-refractivity contribution in [2.24, 2.45) is 0 Å². The molecule has 0 aliphatic rings. The molecule has 3 heteroatoms. The van der Waals surface area contributed by atoms with Gasteiger partial charge < -0.3 is 10.5 Å². The Bertz CT molecular complexity index is 489. The van der Waals surface area contributed by atoms with E-state index in [0.717, 1.165) is 31.6 Å². The number of nitrogens with one attached hydrogen (secondary N) is 1. The average molecular weight is 335 g/mol. The van der Waals surface area contributed by atoms with E-state index < -0.39 is 0 Å². The van der Waals surface area contributed by atoms with Crippen molar-refractivity contribution >= 4 is 6.21 Å². The largest absolute Gasteiger partial charge is 0.507 e. The first-order valence-electron chi connectivity index (χ1n) is 9.42. The maximum Gasteiger partial charge on any atom is 0.128 e. The zero-order valence-corrected chi connectivity index (χ0v) is 16.9. The number of benzene rings is 1. The summed E-state index contributed by atoms with van der Waals surface area (Å²) in [7, 11) is 0. The van der Waals surface area contributed by atoms with Crippen molar-refractivity contribution in [3.63, 3.8) is 0 Å². The van der Waals surface area contributed by atoms with Crippen molar-refractivity contribution in [1.82, 2.24) is 4.90 Å². The molecule has 24 heavy (non-hydrogen) atoms. The third kappa shape index (κ3) is 7.04. The molecule has 0 aliphatic heterocycles. The highest BCUT2D eigenvalue weighted by Crippen LogP contribution is 2.31. The van der Waals surface area contributed by atoms with Crippen LogP contribution < -0.4 is 0 Å². The molecule has 3 nitrogen and oxygen atoms in total. The van der Waals surface area contributed by atoms with E-state index in [0.29, 0.717) is 5.56 Å². The molecule has 0 amide bonds. The molecular weight excluding hydrogens is 296 g/mol. The molecule has 1 aromatic carbocycles. The van der Waals surface area contributed by atoms with Crippen molar-refractivity contribution in [1.29, 1.82) is 5.41 Å². The molecule has 0 radical (unpaired) electrons. The van der Waals surface area contributed by atoms with Gasteiger partial charge in [0, 0.05) is 23.9 Å². The lowest BCUT2D eigenvalue weighted by Crippen LogP contribution is -2.25. The number of nitrogens with zero attached hydrogens (tertiary/aromatic N) is 1. The van der Waals surface area contributed by atoms with Crippen molar-refractivity contribution in [3.05, 3.63) is 28.8 Å². The Kier molecular flexibility index (Phi) is 10.6. The Morgan fingerprint density at radius 3 is 2.17 bits per heavy atom. The highest BCUT2D eigenvalue weighted by atomic mass is 16.3. The molecule has 0 unspecified atom stereocenters. The molecule has 1 rings (SSSR count). The normalized spacial score (nSPS) is 11.2. The number of hydrogen-bond donors (Lipinski definition) is 2. The van der Waals surface area contributed by atoms with Crippen LogP contribution in [-0.2, 0) is 12.0 Å². The fraction of sp³-hybridized carbons (Fsp3) is 0.667. The lowest BCUT2D eigenvalue weighted by Gasteiger charge is -2.25. The van der Waals surface area contributed by atoms with Crippen LogP contribution in [0.3, 0.4) is 0 Å². The van der Waals surface area contributed by atoms with Crippen LogP contribution in [-0.4, -0.2) is 29.3 Å². The molecule has 0 saturated heterocycles. The van der Waals surface area contributed by atoms with Crippen LogP contribution in [0.4, 0.5) is 0 Å². The Hall–Kier alpha value is -1.35. The fourth-order valence-corrected chi connectivity index (χ4v) is 2.59. The van der Waals surface area contributed by atoms with E-state index in [4.69, 9.17) is 5.41 Å². The van der Waals surface area contributed by atoms with Gasteiger partial charge in [0.1, 0.15) is 5.75 Å². The lowest BCUT2D eigenvalue weighted by atomic mass is 9.84. The van der Waals surface area contributed by atoms with E-state index in [1.54, 1.807) is 0 Å². The van der Waals surface area contributed by atoms with E-state index in [9.17, 15) is 5.11 Å². The minimum absolute atomic E-state index is 0.0131. The molecule has 0 atom stereocenters. The Morgan fingerprint density at radius 1 is 1.08 bits per heavy atom. The van der Waals surface area contributed by atoms with Gasteiger partial charge in [-0.15, -0.1) is 0 Å². The van der Waals surface area contributed by atoms with E-state index in [1.165, 1.54) is 24.6 Å². The summed E-state index contributed by atoms with van der Waals surface area (Å²) in [6.45, 7) is 17.7. The monoisotopic (exact) mass is 334 g/mol. The van der Waals surface area contributed by atoms with Crippen LogP contribution >= 0.6 is 0 Å². The second kappa shape index (κ2) is 11.2. The predicted octanol–water partition coefficient (Wildman–Crippen LogP) is 5.73. The molecular formula is C21H38N2O. The number of phenolic OH excluding ortho intramolecular Hbond substituents is 1. The maximum absolute atomic E-state index is 10.4. The van der Waals surface area contributed by atoms with Gasteiger partial charge in [-0.25, -0.2) is 0 Å². The standard InChI is InChI=1S/C19H32N2O.C2H6/c1-6-8-10-21(9-7-2)14-16-12-17(19(3,4)5)11-15(13-20)18(16)22;1-2/h11-13,20,22H,6-10,14H2,1-5H3;1-2H3. The minimum atomic E-state index is 0.0131. The number of rotatable bonds is 8. The van der Waals surface area contributed by atoms with Crippen LogP contribution in [0.1, 0.15) is 84.4 Å². The van der Waals surface area contributed by atoms with Crippen LogP contribution in [0.15, 0.2) is 12.1 Å². The lowest BCUT2D eigenvalue weighted by molar-refractivity contribution is 0.258. The summed E-state index contributed by atoms with van der Waals surface area (Å²) in [5, 5.41) is 18.0. The zero-order valence-electron chi connectivity index (χ0n) is 16.9. The third-order valence-electron chi connectivity index (χ3n) is 4.00. The predicted molar refractivity (Wildman–Crippen MR) is 107 cm³/mol. The molecule has 0 spiro atoms. The van der Waals surface area contributed by atoms with Gasteiger partial charge in [-0.3, -0.25) is 4.90 Å². The van der Waals surface area contributed by atoms with Crippen molar-refractivity contribution in [3.8, 4) is 5.75 Å². The number of hydrogen-bond acceptors (Lipinski definition) is 3. The van der Waals surface area contributed by atoms with Crippen molar-refractivity contribution in [2.45, 2.75) is 79.7 Å². The summed E-state index contributed by atoms with van der Waals surface area (Å²) in [4.78, 5) is 2.40. The molecule has 0 aliphatic carbocycles. The molecule has 0 fully saturated rings. The summed E-state index contributed by atoms with van der Waals surface area (Å²) in [6.07, 6.45) is 4.72. The first kappa shape index (κ1) is 22.6. The number of aromatic hydroxyl groups is 1. The topological polar surface area (TPSA) is 47.3 Å². The summed E-state index contributed by atoms with van der Waals surface area (Å²) in [6, 6.07) is 4.04. The molecule has 0 heterocycles. The third-order valence-corrected chi connectivity index (χ3v) is 4.00. The van der Waals surface area contributed by atoms with Crippen LogP contribution in [0, 0.1) is 5.41 Å². The molecule has 138 valence electrons. The summed E-state index contributed by atoms with van der Waals surface area (Å²) < 4.78 is 0. The number of phenols is 1. The van der Waals surface area contributed by atoms with Gasteiger partial charge in [0.15, 0.2) is 0 Å². The average Bonchev–Trinajstić information content (AvgIpc) is 2.55. The van der Waals surface area contributed by atoms with E-state index in [2.05, 4.69) is 45.6 Å². The van der Waals surface area contributed by atoms with Crippen LogP contribution in [0.25, 0.3) is 0 Å². The first-order valence-corrected chi connectivity index (χ1v) is 9.42. The molecule has 2 N–H and O–H groups in total. The minimum Gasteiger partial charge on any atom is -0.507 e. The molecule has 0 bridgehead atoms. The van der Waals surface area contributed by atoms with Gasteiger partial charge in [0.25, 0.3) is 0 Å². The quantitative estimate of drug-likeness (QED) is 0.597. The van der Waals surface area contributed by atoms with E-state index in [-0.39, 0.29) is 11.2 Å². The van der Waals surface area contributed by atoms with Gasteiger partial charge in [-0.2, -0.15) is 0 Å². The Balaban J connectivity index is 0.00000254. The fourth-order valence-electron chi connectivity index (χ4n) is 2.59. The summed E-state index contributed by atoms with van der Waals surface area (Å²) in [5.41, 5.74) is 2.75. The highest BCUT2D eigenvalue weighted by molar-refractivity contribution is 5.82. The van der Waals surface area contributed by atoms with Crippen LogP contribution in [0.2, 0.25) is 0 Å². The van der Waals surface area contributed by atoms with Crippen LogP contribution in [0.5, 0.6) is 5.75 Å². The zero-order chi connectivity index (χ0) is 18.8. The van der Waals surface area contributed by atoms with Crippen molar-refractivity contribution < 1.29 is 5.11 Å². The first-order chi connectivity index (χ1) is 11.3. The van der Waals surface area contributed by atoms with E-state index in [1.807, 2.05) is 19.9 Å². The Morgan fingerprint density at radius 2 is 1.71 bits per heavy atom. The molecule has 1 aromatic rings.